The first-order valence-corrected chi connectivity index (χ1v) is 6.13. The maximum absolute atomic E-state index is 11.6. The number of rotatable bonds is 5. The molecule has 0 aromatic carbocycles. The summed E-state index contributed by atoms with van der Waals surface area (Å²) in [6.07, 6.45) is 2.87. The third kappa shape index (κ3) is 2.95. The van der Waals surface area contributed by atoms with E-state index in [1.807, 2.05) is 0 Å². The molecule has 0 saturated heterocycles. The molecule has 2 aromatic rings. The highest BCUT2D eigenvalue weighted by Gasteiger charge is 2.28. The van der Waals surface area contributed by atoms with E-state index in [0.29, 0.717) is 24.1 Å². The lowest BCUT2D eigenvalue weighted by Crippen LogP contribution is -2.12. The Balaban J connectivity index is 1.49. The van der Waals surface area contributed by atoms with Crippen LogP contribution >= 0.6 is 0 Å². The maximum Gasteiger partial charge on any atom is 0.328 e. The van der Waals surface area contributed by atoms with E-state index in [1.165, 1.54) is 0 Å². The number of hydrogen-bond donors (Lipinski definition) is 1. The Morgan fingerprint density at radius 1 is 1.32 bits per heavy atom. The van der Waals surface area contributed by atoms with Crippen LogP contribution < -0.4 is 5.32 Å². The van der Waals surface area contributed by atoms with E-state index in [1.54, 1.807) is 6.92 Å². The Morgan fingerprint density at radius 2 is 2.16 bits per heavy atom. The Labute approximate surface area is 108 Å². The molecule has 0 atom stereocenters. The molecule has 100 valence electrons. The molecule has 1 saturated carbocycles. The quantitative estimate of drug-likeness (QED) is 0.863. The van der Waals surface area contributed by atoms with E-state index >= 15 is 0 Å². The van der Waals surface area contributed by atoms with E-state index in [2.05, 4.69) is 25.6 Å². The van der Waals surface area contributed by atoms with Gasteiger partial charge in [-0.15, -0.1) is 0 Å². The summed E-state index contributed by atoms with van der Waals surface area (Å²) < 4.78 is 9.86. The van der Waals surface area contributed by atoms with E-state index in [0.717, 1.165) is 18.7 Å². The summed E-state index contributed by atoms with van der Waals surface area (Å²) in [6.45, 7) is 1.68. The van der Waals surface area contributed by atoms with Gasteiger partial charge in [-0.1, -0.05) is 10.3 Å². The Bertz CT molecular complexity index is 587. The number of anilines is 1. The van der Waals surface area contributed by atoms with Crippen LogP contribution in [0.4, 0.5) is 6.01 Å². The van der Waals surface area contributed by atoms with Gasteiger partial charge in [0.1, 0.15) is 0 Å². The van der Waals surface area contributed by atoms with Crippen LogP contribution in [0, 0.1) is 6.92 Å². The van der Waals surface area contributed by atoms with E-state index in [9.17, 15) is 4.79 Å². The first kappa shape index (κ1) is 11.8. The second-order valence-electron chi connectivity index (χ2n) is 4.52. The standard InChI is InChI=1S/C11H13N5O3/c1-6-12-11(19-15-6)13-8(17)4-5-9-14-10(16-18-9)7-2-3-7/h7H,2-5H2,1H3,(H,12,13,15,17). The van der Waals surface area contributed by atoms with Crippen LogP contribution in [0.25, 0.3) is 0 Å². The lowest BCUT2D eigenvalue weighted by atomic mass is 10.3. The highest BCUT2D eigenvalue weighted by molar-refractivity contribution is 5.88. The van der Waals surface area contributed by atoms with Crippen molar-refractivity contribution in [2.24, 2.45) is 0 Å². The predicted molar refractivity (Wildman–Crippen MR) is 62.3 cm³/mol. The second kappa shape index (κ2) is 4.79. The summed E-state index contributed by atoms with van der Waals surface area (Å²) in [5.41, 5.74) is 0. The fourth-order valence-electron chi connectivity index (χ4n) is 1.63. The molecule has 0 bridgehead atoms. The largest absolute Gasteiger partial charge is 0.339 e. The molecule has 3 rings (SSSR count). The zero-order valence-electron chi connectivity index (χ0n) is 10.4. The molecule has 8 nitrogen and oxygen atoms in total. The Kier molecular flexibility index (Phi) is 2.98. The highest BCUT2D eigenvalue weighted by atomic mass is 16.5. The van der Waals surface area contributed by atoms with Crippen molar-refractivity contribution < 1.29 is 13.8 Å². The highest BCUT2D eigenvalue weighted by Crippen LogP contribution is 2.38. The minimum absolute atomic E-state index is 0.103. The number of hydrogen-bond acceptors (Lipinski definition) is 7. The van der Waals surface area contributed by atoms with Crippen molar-refractivity contribution in [2.45, 2.75) is 38.5 Å². The summed E-state index contributed by atoms with van der Waals surface area (Å²) in [4.78, 5) is 19.7. The maximum atomic E-state index is 11.6. The van der Waals surface area contributed by atoms with Crippen LogP contribution in [0.3, 0.4) is 0 Å². The lowest BCUT2D eigenvalue weighted by Gasteiger charge is -1.96. The molecule has 1 aliphatic rings. The molecule has 0 spiro atoms. The summed E-state index contributed by atoms with van der Waals surface area (Å²) in [5.74, 6) is 1.94. The van der Waals surface area contributed by atoms with Crippen molar-refractivity contribution in [3.05, 3.63) is 17.5 Å². The van der Waals surface area contributed by atoms with Crippen LogP contribution in [0.1, 0.15) is 42.7 Å². The van der Waals surface area contributed by atoms with Crippen LogP contribution in [-0.4, -0.2) is 26.2 Å². The Hall–Kier alpha value is -2.25. The smallest absolute Gasteiger partial charge is 0.328 e. The van der Waals surface area contributed by atoms with Crippen LogP contribution in [0.5, 0.6) is 0 Å². The number of carbonyl (C=O) groups is 1. The molecular formula is C11H13N5O3. The van der Waals surface area contributed by atoms with Crippen LogP contribution in [0.15, 0.2) is 9.05 Å². The second-order valence-corrected chi connectivity index (χ2v) is 4.52. The minimum Gasteiger partial charge on any atom is -0.339 e. The fraction of sp³-hybridized carbons (Fsp3) is 0.545. The summed E-state index contributed by atoms with van der Waals surface area (Å²) in [6, 6.07) is 0.103. The minimum atomic E-state index is -0.227. The molecule has 8 heteroatoms. The lowest BCUT2D eigenvalue weighted by molar-refractivity contribution is -0.116. The average molecular weight is 263 g/mol. The van der Waals surface area contributed by atoms with Gasteiger partial charge >= 0.3 is 6.01 Å². The van der Waals surface area contributed by atoms with E-state index < -0.39 is 0 Å². The summed E-state index contributed by atoms with van der Waals surface area (Å²) in [7, 11) is 0. The molecular weight excluding hydrogens is 250 g/mol. The third-order valence-corrected chi connectivity index (χ3v) is 2.77. The molecule has 0 unspecified atom stereocenters. The van der Waals surface area contributed by atoms with Crippen molar-refractivity contribution in [3.63, 3.8) is 0 Å². The zero-order chi connectivity index (χ0) is 13.2. The van der Waals surface area contributed by atoms with Gasteiger partial charge in [-0.3, -0.25) is 10.1 Å². The van der Waals surface area contributed by atoms with Crippen molar-refractivity contribution in [1.82, 2.24) is 20.3 Å². The number of aromatic nitrogens is 4. The van der Waals surface area contributed by atoms with Crippen LogP contribution in [-0.2, 0) is 11.2 Å². The molecule has 1 N–H and O–H groups in total. The number of nitrogens with zero attached hydrogens (tertiary/aromatic N) is 4. The summed E-state index contributed by atoms with van der Waals surface area (Å²) >= 11 is 0. The third-order valence-electron chi connectivity index (χ3n) is 2.77. The molecule has 1 fully saturated rings. The van der Waals surface area contributed by atoms with Gasteiger partial charge in [-0.2, -0.15) is 9.97 Å². The van der Waals surface area contributed by atoms with Crippen molar-refractivity contribution in [1.29, 1.82) is 0 Å². The number of carbonyl (C=O) groups excluding carboxylic acids is 1. The monoisotopic (exact) mass is 263 g/mol. The molecule has 0 radical (unpaired) electrons. The first-order chi connectivity index (χ1) is 9.20. The van der Waals surface area contributed by atoms with Gasteiger partial charge in [0, 0.05) is 18.8 Å². The van der Waals surface area contributed by atoms with Crippen molar-refractivity contribution in [3.8, 4) is 0 Å². The van der Waals surface area contributed by atoms with Gasteiger partial charge in [0.15, 0.2) is 11.6 Å². The number of amides is 1. The molecule has 1 aliphatic carbocycles. The topological polar surface area (TPSA) is 107 Å². The first-order valence-electron chi connectivity index (χ1n) is 6.13. The van der Waals surface area contributed by atoms with Gasteiger partial charge in [0.2, 0.25) is 11.8 Å². The molecule has 2 aromatic heterocycles. The zero-order valence-corrected chi connectivity index (χ0v) is 10.4. The van der Waals surface area contributed by atoms with Crippen molar-refractivity contribution in [2.75, 3.05) is 5.32 Å². The van der Waals surface area contributed by atoms with Gasteiger partial charge in [0.25, 0.3) is 0 Å². The van der Waals surface area contributed by atoms with Gasteiger partial charge < -0.3 is 9.05 Å². The molecule has 19 heavy (non-hydrogen) atoms. The van der Waals surface area contributed by atoms with Crippen molar-refractivity contribution >= 4 is 11.9 Å². The predicted octanol–water partition coefficient (Wildman–Crippen LogP) is 1.21. The van der Waals surface area contributed by atoms with Crippen LogP contribution in [0.2, 0.25) is 0 Å². The molecule has 1 amide bonds. The number of aryl methyl sites for hydroxylation is 2. The summed E-state index contributed by atoms with van der Waals surface area (Å²) in [5, 5.41) is 9.97. The SMILES string of the molecule is Cc1noc(NC(=O)CCc2nc(C3CC3)no2)n1. The fourth-order valence-corrected chi connectivity index (χ4v) is 1.63. The molecule has 2 heterocycles. The molecule has 0 aliphatic heterocycles. The normalized spacial score (nSPS) is 14.6. The van der Waals surface area contributed by atoms with E-state index in [-0.39, 0.29) is 18.3 Å². The number of nitrogens with one attached hydrogen (secondary N) is 1. The van der Waals surface area contributed by atoms with E-state index in [4.69, 9.17) is 9.05 Å². The van der Waals surface area contributed by atoms with Gasteiger partial charge in [-0.25, -0.2) is 0 Å². The average Bonchev–Trinajstić information content (AvgIpc) is 2.99. The van der Waals surface area contributed by atoms with Gasteiger partial charge in [0.05, 0.1) is 0 Å². The van der Waals surface area contributed by atoms with Gasteiger partial charge in [-0.05, 0) is 19.8 Å². The Morgan fingerprint density at radius 3 is 2.84 bits per heavy atom.